The number of thiophene rings is 2. The molecule has 0 amide bonds. The van der Waals surface area contributed by atoms with Crippen LogP contribution < -0.4 is 0 Å². The quantitative estimate of drug-likeness (QED) is 0.171. The molecule has 4 heteroatoms. The van der Waals surface area contributed by atoms with E-state index in [1.165, 1.54) is 95.4 Å². The standard InChI is InChI=1S/C50H30N2S2/c1-3-13-33(14-4-1)51-41-29-31(35-19-11-23-45-47(35)39-17-7-9-21-43(39)53-45)25-27-37(41)49-38-28-26-32(30-42(38)52(50(49)51)34-15-5-2-6-16-34)36-20-12-24-46-48(36)40-18-8-10-22-44(40)54-46/h1-30H. The van der Waals surface area contributed by atoms with Crippen molar-refractivity contribution in [3.63, 3.8) is 0 Å². The maximum atomic E-state index is 2.49. The Kier molecular flexibility index (Phi) is 6.41. The van der Waals surface area contributed by atoms with Crippen molar-refractivity contribution >= 4 is 95.9 Å². The normalized spacial score (nSPS) is 12.1. The zero-order chi connectivity index (χ0) is 35.3. The van der Waals surface area contributed by atoms with Crippen molar-refractivity contribution < 1.29 is 0 Å². The molecular weight excluding hydrogens is 693 g/mol. The van der Waals surface area contributed by atoms with E-state index < -0.39 is 0 Å². The Morgan fingerprint density at radius 3 is 1.22 bits per heavy atom. The van der Waals surface area contributed by atoms with Gasteiger partial charge in [0.2, 0.25) is 0 Å². The smallest absolute Gasteiger partial charge is 0.131 e. The van der Waals surface area contributed by atoms with Gasteiger partial charge in [0.05, 0.1) is 11.0 Å². The maximum Gasteiger partial charge on any atom is 0.131 e. The average molecular weight is 723 g/mol. The molecule has 0 aliphatic rings. The lowest BCUT2D eigenvalue weighted by Crippen LogP contribution is -2.01. The van der Waals surface area contributed by atoms with Crippen LogP contribution in [0.15, 0.2) is 182 Å². The highest BCUT2D eigenvalue weighted by molar-refractivity contribution is 7.26. The second-order valence-corrected chi connectivity index (χ2v) is 16.2. The van der Waals surface area contributed by atoms with E-state index in [4.69, 9.17) is 0 Å². The van der Waals surface area contributed by atoms with E-state index in [0.29, 0.717) is 0 Å². The van der Waals surface area contributed by atoms with E-state index in [9.17, 15) is 0 Å². The van der Waals surface area contributed by atoms with Gasteiger partial charge in [0.25, 0.3) is 0 Å². The largest absolute Gasteiger partial charge is 0.295 e. The van der Waals surface area contributed by atoms with E-state index >= 15 is 0 Å². The first-order valence-electron chi connectivity index (χ1n) is 18.3. The molecule has 0 saturated heterocycles. The van der Waals surface area contributed by atoms with E-state index in [1.807, 2.05) is 22.7 Å². The molecule has 54 heavy (non-hydrogen) atoms. The number of hydrogen-bond acceptors (Lipinski definition) is 2. The Morgan fingerprint density at radius 2 is 0.741 bits per heavy atom. The van der Waals surface area contributed by atoms with Gasteiger partial charge in [0.15, 0.2) is 0 Å². The summed E-state index contributed by atoms with van der Waals surface area (Å²) in [6.45, 7) is 0. The SMILES string of the molecule is c1ccc(-n2c3cc(-c4cccc5sc6ccccc6c45)ccc3c3c4ccc(-c5cccc6sc7ccccc7c56)cc4n(-c4ccccc4)c32)cc1. The Balaban J connectivity index is 1.19. The summed E-state index contributed by atoms with van der Waals surface area (Å²) in [5.41, 5.74) is 10.8. The Bertz CT molecular complexity index is 3210. The van der Waals surface area contributed by atoms with Gasteiger partial charge in [0.1, 0.15) is 5.65 Å². The van der Waals surface area contributed by atoms with Crippen molar-refractivity contribution in [1.29, 1.82) is 0 Å². The number of rotatable bonds is 4. The van der Waals surface area contributed by atoms with E-state index in [0.717, 1.165) is 11.4 Å². The molecule has 12 aromatic rings. The van der Waals surface area contributed by atoms with Crippen LogP contribution in [0.25, 0.3) is 107 Å². The summed E-state index contributed by atoms with van der Waals surface area (Å²) in [5, 5.41) is 9.07. The molecule has 0 bridgehead atoms. The van der Waals surface area contributed by atoms with Gasteiger partial charge >= 0.3 is 0 Å². The Morgan fingerprint density at radius 1 is 0.315 bits per heavy atom. The van der Waals surface area contributed by atoms with Crippen molar-refractivity contribution in [2.45, 2.75) is 0 Å². The molecule has 0 N–H and O–H groups in total. The fourth-order valence-electron chi connectivity index (χ4n) is 8.84. The first-order valence-corrected chi connectivity index (χ1v) is 20.0. The van der Waals surface area contributed by atoms with E-state index in [-0.39, 0.29) is 0 Å². The lowest BCUT2D eigenvalue weighted by atomic mass is 9.97. The molecule has 0 unspecified atom stereocenters. The molecule has 4 heterocycles. The highest BCUT2D eigenvalue weighted by Gasteiger charge is 2.24. The summed E-state index contributed by atoms with van der Waals surface area (Å²) in [5.74, 6) is 0. The molecule has 2 nitrogen and oxygen atoms in total. The molecule has 12 rings (SSSR count). The third-order valence-electron chi connectivity index (χ3n) is 11.1. The van der Waals surface area contributed by atoms with Gasteiger partial charge in [-0.2, -0.15) is 0 Å². The molecule has 0 spiro atoms. The number of para-hydroxylation sites is 2. The monoisotopic (exact) mass is 722 g/mol. The first kappa shape index (κ1) is 30.0. The van der Waals surface area contributed by atoms with Crippen molar-refractivity contribution in [3.8, 4) is 33.6 Å². The molecule has 0 atom stereocenters. The zero-order valence-corrected chi connectivity index (χ0v) is 30.7. The first-order chi connectivity index (χ1) is 26.8. The summed E-state index contributed by atoms with van der Waals surface area (Å²) >= 11 is 3.75. The van der Waals surface area contributed by atoms with Gasteiger partial charge in [-0.25, -0.2) is 0 Å². The van der Waals surface area contributed by atoms with Crippen LogP contribution in [0, 0.1) is 0 Å². The predicted octanol–water partition coefficient (Wildman–Crippen LogP) is 14.8. The highest BCUT2D eigenvalue weighted by Crippen LogP contribution is 2.46. The fraction of sp³-hybridized carbons (Fsp3) is 0. The number of hydrogen-bond donors (Lipinski definition) is 0. The topological polar surface area (TPSA) is 9.86 Å². The summed E-state index contributed by atoms with van der Waals surface area (Å²) in [6, 6.07) is 67.1. The van der Waals surface area contributed by atoms with Crippen LogP contribution in [-0.2, 0) is 0 Å². The second kappa shape index (κ2) is 11.5. The lowest BCUT2D eigenvalue weighted by Gasteiger charge is -2.14. The Labute approximate surface area is 319 Å². The minimum Gasteiger partial charge on any atom is -0.295 e. The number of fused-ring (bicyclic) bond motifs is 11. The molecule has 0 saturated carbocycles. The van der Waals surface area contributed by atoms with Gasteiger partial charge in [-0.1, -0.05) is 121 Å². The van der Waals surface area contributed by atoms with Crippen molar-refractivity contribution in [2.75, 3.05) is 0 Å². The van der Waals surface area contributed by atoms with Crippen LogP contribution in [-0.4, -0.2) is 9.13 Å². The summed E-state index contributed by atoms with van der Waals surface area (Å²) in [4.78, 5) is 0. The zero-order valence-electron chi connectivity index (χ0n) is 29.0. The van der Waals surface area contributed by atoms with Crippen molar-refractivity contribution in [2.24, 2.45) is 0 Å². The van der Waals surface area contributed by atoms with Gasteiger partial charge in [-0.15, -0.1) is 22.7 Å². The molecule has 252 valence electrons. The molecule has 0 radical (unpaired) electrons. The van der Waals surface area contributed by atoms with Crippen LogP contribution in [0.4, 0.5) is 0 Å². The van der Waals surface area contributed by atoms with Gasteiger partial charge in [0, 0.05) is 67.9 Å². The van der Waals surface area contributed by atoms with Gasteiger partial charge < -0.3 is 0 Å². The fourth-order valence-corrected chi connectivity index (χ4v) is 11.1. The van der Waals surface area contributed by atoms with Crippen molar-refractivity contribution in [3.05, 3.63) is 182 Å². The average Bonchev–Trinajstić information content (AvgIpc) is 3.98. The van der Waals surface area contributed by atoms with Crippen LogP contribution in [0.1, 0.15) is 0 Å². The lowest BCUT2D eigenvalue weighted by molar-refractivity contribution is 1.07. The van der Waals surface area contributed by atoms with Crippen LogP contribution in [0.5, 0.6) is 0 Å². The van der Waals surface area contributed by atoms with E-state index in [1.54, 1.807) is 0 Å². The number of aromatic nitrogens is 2. The second-order valence-electron chi connectivity index (χ2n) is 14.1. The third kappa shape index (κ3) is 4.27. The molecule has 0 aliphatic heterocycles. The molecule has 8 aromatic carbocycles. The molecule has 0 aliphatic carbocycles. The summed E-state index contributed by atoms with van der Waals surface area (Å²) in [6.07, 6.45) is 0. The van der Waals surface area contributed by atoms with Crippen LogP contribution in [0.2, 0.25) is 0 Å². The predicted molar refractivity (Wildman–Crippen MR) is 234 cm³/mol. The highest BCUT2D eigenvalue weighted by atomic mass is 32.1. The number of benzene rings is 8. The minimum atomic E-state index is 1.14. The van der Waals surface area contributed by atoms with Crippen molar-refractivity contribution in [1.82, 2.24) is 9.13 Å². The van der Waals surface area contributed by atoms with Gasteiger partial charge in [-0.05, 0) is 82.9 Å². The van der Waals surface area contributed by atoms with Crippen LogP contribution >= 0.6 is 22.7 Å². The van der Waals surface area contributed by atoms with E-state index in [2.05, 4.69) is 191 Å². The third-order valence-corrected chi connectivity index (χ3v) is 13.4. The summed E-state index contributed by atoms with van der Waals surface area (Å²) < 4.78 is 10.3. The molecular formula is C50H30N2S2. The summed E-state index contributed by atoms with van der Waals surface area (Å²) in [7, 11) is 0. The van der Waals surface area contributed by atoms with Crippen LogP contribution in [0.3, 0.4) is 0 Å². The maximum absolute atomic E-state index is 2.49. The minimum absolute atomic E-state index is 1.14. The number of nitrogens with zero attached hydrogens (tertiary/aromatic N) is 2. The van der Waals surface area contributed by atoms with Gasteiger partial charge in [-0.3, -0.25) is 9.13 Å². The Hall–Kier alpha value is -6.46. The molecule has 4 aromatic heterocycles. The molecule has 0 fully saturated rings.